The van der Waals surface area contributed by atoms with Gasteiger partial charge in [-0.15, -0.1) is 0 Å². The van der Waals surface area contributed by atoms with Crippen molar-refractivity contribution in [1.29, 1.82) is 0 Å². The lowest BCUT2D eigenvalue weighted by atomic mass is 10.1. The van der Waals surface area contributed by atoms with Crippen molar-refractivity contribution in [1.82, 2.24) is 15.0 Å². The van der Waals surface area contributed by atoms with Gasteiger partial charge in [0.05, 0.1) is 29.4 Å². The molecule has 0 aliphatic heterocycles. The maximum Gasteiger partial charge on any atom is 0.213 e. The van der Waals surface area contributed by atoms with Crippen LogP contribution in [0.25, 0.3) is 11.3 Å². The number of rotatable bonds is 8. The van der Waals surface area contributed by atoms with Crippen LogP contribution in [0, 0.1) is 6.92 Å². The molecule has 0 aliphatic rings. The number of nitrogens with zero attached hydrogens (tertiary/aromatic N) is 4. The summed E-state index contributed by atoms with van der Waals surface area (Å²) in [4.78, 5) is 16.2. The third-order valence-corrected chi connectivity index (χ3v) is 3.95. The monoisotopic (exact) mass is 344 g/mol. The Morgan fingerprint density at radius 2 is 1.84 bits per heavy atom. The van der Waals surface area contributed by atoms with Gasteiger partial charge in [0.15, 0.2) is 5.82 Å². The van der Waals surface area contributed by atoms with E-state index in [0.29, 0.717) is 25.3 Å². The zero-order valence-corrected chi connectivity index (χ0v) is 15.8. The highest BCUT2D eigenvalue weighted by Crippen LogP contribution is 2.29. The predicted octanol–water partition coefficient (Wildman–Crippen LogP) is 2.80. The fraction of sp³-hybridized carbons (Fsp3) is 0.526. The fourth-order valence-electron chi connectivity index (χ4n) is 2.78. The second-order valence-corrected chi connectivity index (χ2v) is 6.08. The summed E-state index contributed by atoms with van der Waals surface area (Å²) in [5.41, 5.74) is 4.59. The van der Waals surface area contributed by atoms with E-state index in [0.717, 1.165) is 40.6 Å². The van der Waals surface area contributed by atoms with Crippen LogP contribution < -0.4 is 9.64 Å². The second kappa shape index (κ2) is 8.76. The van der Waals surface area contributed by atoms with E-state index in [9.17, 15) is 0 Å². The molecule has 2 rings (SSSR count). The summed E-state index contributed by atoms with van der Waals surface area (Å²) in [5, 5.41) is 9.12. The van der Waals surface area contributed by atoms with Gasteiger partial charge in [-0.3, -0.25) is 4.98 Å². The van der Waals surface area contributed by atoms with E-state index in [1.165, 1.54) is 0 Å². The van der Waals surface area contributed by atoms with Crippen LogP contribution >= 0.6 is 0 Å². The van der Waals surface area contributed by atoms with Gasteiger partial charge in [0.25, 0.3) is 0 Å². The number of pyridine rings is 1. The van der Waals surface area contributed by atoms with E-state index in [2.05, 4.69) is 11.9 Å². The molecule has 25 heavy (non-hydrogen) atoms. The van der Waals surface area contributed by atoms with Crippen molar-refractivity contribution in [2.75, 3.05) is 32.2 Å². The summed E-state index contributed by atoms with van der Waals surface area (Å²) in [6.07, 6.45) is 2.18. The zero-order valence-electron chi connectivity index (χ0n) is 15.8. The fourth-order valence-corrected chi connectivity index (χ4v) is 2.78. The lowest BCUT2D eigenvalue weighted by Gasteiger charge is -2.19. The Kier molecular flexibility index (Phi) is 6.70. The van der Waals surface area contributed by atoms with E-state index in [4.69, 9.17) is 19.8 Å². The molecule has 1 N–H and O–H groups in total. The number of ether oxygens (including phenoxy) is 1. The van der Waals surface area contributed by atoms with Crippen LogP contribution in [0.1, 0.15) is 37.4 Å². The van der Waals surface area contributed by atoms with Crippen molar-refractivity contribution in [3.05, 3.63) is 29.2 Å². The summed E-state index contributed by atoms with van der Waals surface area (Å²) >= 11 is 0. The van der Waals surface area contributed by atoms with Gasteiger partial charge in [-0.25, -0.2) is 9.97 Å². The molecule has 0 atom stereocenters. The number of aliphatic hydroxyl groups excluding tert-OH is 1. The van der Waals surface area contributed by atoms with Gasteiger partial charge in [0.1, 0.15) is 0 Å². The Hall–Kier alpha value is -2.21. The number of anilines is 1. The minimum absolute atomic E-state index is 0.151. The Bertz CT molecular complexity index is 717. The van der Waals surface area contributed by atoms with Crippen molar-refractivity contribution in [2.45, 2.75) is 40.0 Å². The van der Waals surface area contributed by atoms with Crippen LogP contribution in [0.5, 0.6) is 5.88 Å². The lowest BCUT2D eigenvalue weighted by molar-refractivity contribution is 0.288. The molecule has 0 aliphatic carbocycles. The average molecular weight is 344 g/mol. The molecule has 0 spiro atoms. The molecule has 0 aromatic carbocycles. The quantitative estimate of drug-likeness (QED) is 0.794. The zero-order chi connectivity index (χ0) is 18.4. The van der Waals surface area contributed by atoms with Crippen LogP contribution in [0.4, 0.5) is 5.82 Å². The third-order valence-electron chi connectivity index (χ3n) is 3.95. The molecular formula is C19H28N4O2. The highest BCUT2D eigenvalue weighted by Gasteiger charge is 2.17. The van der Waals surface area contributed by atoms with Gasteiger partial charge in [0.2, 0.25) is 5.88 Å². The molecule has 136 valence electrons. The molecule has 2 aromatic heterocycles. The van der Waals surface area contributed by atoms with Crippen molar-refractivity contribution >= 4 is 5.82 Å². The highest BCUT2D eigenvalue weighted by atomic mass is 16.5. The lowest BCUT2D eigenvalue weighted by Crippen LogP contribution is -2.16. The minimum Gasteiger partial charge on any atom is -0.478 e. The summed E-state index contributed by atoms with van der Waals surface area (Å²) < 4.78 is 5.52. The molecule has 0 amide bonds. The predicted molar refractivity (Wildman–Crippen MR) is 100 cm³/mol. The topological polar surface area (TPSA) is 71.4 Å². The summed E-state index contributed by atoms with van der Waals surface area (Å²) in [6.45, 7) is 6.75. The average Bonchev–Trinajstić information content (AvgIpc) is 2.60. The number of aromatic nitrogens is 3. The Morgan fingerprint density at radius 3 is 2.44 bits per heavy atom. The van der Waals surface area contributed by atoms with Gasteiger partial charge in [0, 0.05) is 32.3 Å². The molecule has 6 heteroatoms. The summed E-state index contributed by atoms with van der Waals surface area (Å²) in [7, 11) is 3.92. The largest absolute Gasteiger partial charge is 0.478 e. The number of hydrogen-bond acceptors (Lipinski definition) is 6. The first-order valence-electron chi connectivity index (χ1n) is 8.80. The van der Waals surface area contributed by atoms with Crippen molar-refractivity contribution < 1.29 is 9.84 Å². The Morgan fingerprint density at radius 1 is 1.08 bits per heavy atom. The van der Waals surface area contributed by atoms with Crippen molar-refractivity contribution in [3.8, 4) is 17.1 Å². The smallest absolute Gasteiger partial charge is 0.213 e. The number of aryl methyl sites for hydroxylation is 3. The molecule has 6 nitrogen and oxygen atoms in total. The normalized spacial score (nSPS) is 10.8. The standard InChI is InChI=1S/C19H28N4O2/c1-6-15-14(10-11-17(21-15)25-7-2)18-13(3)20-16(9-8-12-24)19(22-18)23(4)5/h10-11,24H,6-9,12H2,1-5H3. The Labute approximate surface area is 149 Å². The van der Waals surface area contributed by atoms with Gasteiger partial charge >= 0.3 is 0 Å². The maximum atomic E-state index is 9.12. The first-order valence-corrected chi connectivity index (χ1v) is 8.80. The highest BCUT2D eigenvalue weighted by molar-refractivity contribution is 5.67. The summed E-state index contributed by atoms with van der Waals surface area (Å²) in [6, 6.07) is 3.90. The van der Waals surface area contributed by atoms with Gasteiger partial charge < -0.3 is 14.7 Å². The van der Waals surface area contributed by atoms with Crippen molar-refractivity contribution in [3.63, 3.8) is 0 Å². The second-order valence-electron chi connectivity index (χ2n) is 6.08. The van der Waals surface area contributed by atoms with Crippen LogP contribution in [0.3, 0.4) is 0 Å². The molecular weight excluding hydrogens is 316 g/mol. The first kappa shape index (κ1) is 19.1. The molecule has 0 unspecified atom stereocenters. The van der Waals surface area contributed by atoms with Gasteiger partial charge in [-0.1, -0.05) is 6.92 Å². The molecule has 0 saturated heterocycles. The molecule has 0 radical (unpaired) electrons. The SMILES string of the molecule is CCOc1ccc(-c2nc(N(C)C)c(CCCO)nc2C)c(CC)n1. The van der Waals surface area contributed by atoms with E-state index >= 15 is 0 Å². The molecule has 0 fully saturated rings. The molecule has 2 aromatic rings. The van der Waals surface area contributed by atoms with E-state index in [1.54, 1.807) is 0 Å². The van der Waals surface area contributed by atoms with Crippen molar-refractivity contribution in [2.24, 2.45) is 0 Å². The molecule has 0 saturated carbocycles. The van der Waals surface area contributed by atoms with Crippen LogP contribution in [0.15, 0.2) is 12.1 Å². The maximum absolute atomic E-state index is 9.12. The van der Waals surface area contributed by atoms with Crippen LogP contribution in [0.2, 0.25) is 0 Å². The minimum atomic E-state index is 0.151. The van der Waals surface area contributed by atoms with Gasteiger partial charge in [-0.2, -0.15) is 0 Å². The molecule has 2 heterocycles. The van der Waals surface area contributed by atoms with Crippen LogP contribution in [-0.2, 0) is 12.8 Å². The number of aliphatic hydroxyl groups is 1. The third kappa shape index (κ3) is 4.45. The van der Waals surface area contributed by atoms with Crippen LogP contribution in [-0.4, -0.2) is 47.4 Å². The Balaban J connectivity index is 2.53. The van der Waals surface area contributed by atoms with E-state index < -0.39 is 0 Å². The molecule has 0 bridgehead atoms. The summed E-state index contributed by atoms with van der Waals surface area (Å²) in [5.74, 6) is 1.48. The van der Waals surface area contributed by atoms with Gasteiger partial charge in [-0.05, 0) is 39.2 Å². The van der Waals surface area contributed by atoms with E-state index in [1.807, 2.05) is 45.0 Å². The first-order chi connectivity index (χ1) is 12.0. The van der Waals surface area contributed by atoms with E-state index in [-0.39, 0.29) is 6.61 Å². The number of hydrogen-bond donors (Lipinski definition) is 1.